The Balaban J connectivity index is 1.56. The normalized spacial score (nSPS) is 10.7. The van der Waals surface area contributed by atoms with E-state index in [9.17, 15) is 0 Å². The topological polar surface area (TPSA) is 54.6 Å². The first-order valence-corrected chi connectivity index (χ1v) is 10.4. The number of nitrogens with zero attached hydrogens (tertiary/aromatic N) is 2. The van der Waals surface area contributed by atoms with Crippen molar-refractivity contribution in [2.75, 3.05) is 0 Å². The molecule has 0 aromatic heterocycles. The fourth-order valence-corrected chi connectivity index (χ4v) is 3.48. The lowest BCUT2D eigenvalue weighted by molar-refractivity contribution is 0.132. The van der Waals surface area contributed by atoms with Gasteiger partial charge in [-0.05, 0) is 70.1 Å². The second-order valence-corrected chi connectivity index (χ2v) is 7.98. The molecule has 146 valence electrons. The molecule has 4 nitrogen and oxygen atoms in total. The first kappa shape index (κ1) is 21.4. The van der Waals surface area contributed by atoms with Gasteiger partial charge in [0.1, 0.15) is 19.0 Å². The van der Waals surface area contributed by atoms with Crippen LogP contribution in [0.2, 0.25) is 10.0 Å². The fraction of sp³-hybridized carbons (Fsp3) is 0.0909. The van der Waals surface area contributed by atoms with Crippen molar-refractivity contribution in [1.82, 2.24) is 0 Å². The molecule has 0 aliphatic carbocycles. The van der Waals surface area contributed by atoms with E-state index in [0.29, 0.717) is 22.2 Å². The lowest BCUT2D eigenvalue weighted by Crippen LogP contribution is -1.98. The first-order chi connectivity index (χ1) is 14.1. The molecule has 0 spiro atoms. The maximum Gasteiger partial charge on any atom is 0.143 e. The Bertz CT molecular complexity index is 1080. The van der Waals surface area contributed by atoms with Crippen molar-refractivity contribution in [3.05, 3.63) is 96.5 Å². The van der Waals surface area contributed by atoms with Gasteiger partial charge in [0.15, 0.2) is 0 Å². The van der Waals surface area contributed by atoms with E-state index in [2.05, 4.69) is 33.8 Å². The lowest BCUT2D eigenvalue weighted by Gasteiger charge is -2.09. The molecule has 3 rings (SSSR count). The van der Waals surface area contributed by atoms with Gasteiger partial charge < -0.3 is 9.57 Å². The molecule has 3 aromatic carbocycles. The molecule has 0 unspecified atom stereocenters. The van der Waals surface area contributed by atoms with Crippen LogP contribution in [0.1, 0.15) is 22.3 Å². The van der Waals surface area contributed by atoms with Crippen LogP contribution < -0.4 is 4.74 Å². The van der Waals surface area contributed by atoms with Crippen LogP contribution in [0.3, 0.4) is 0 Å². The van der Waals surface area contributed by atoms with E-state index in [1.807, 2.05) is 42.5 Å². The fourth-order valence-electron chi connectivity index (χ4n) is 2.47. The van der Waals surface area contributed by atoms with Gasteiger partial charge in [-0.1, -0.05) is 52.6 Å². The average molecular weight is 537 g/mol. The first-order valence-electron chi connectivity index (χ1n) is 8.56. The van der Waals surface area contributed by atoms with Crippen molar-refractivity contribution in [2.24, 2.45) is 5.16 Å². The van der Waals surface area contributed by atoms with Crippen LogP contribution in [0.4, 0.5) is 0 Å². The van der Waals surface area contributed by atoms with Crippen LogP contribution in [0.25, 0.3) is 0 Å². The SMILES string of the molecule is N#Cc1ccccc1CO/N=C\c1ccc(OCc2ccc(Cl)c(Cl)c2)c(I)c1. The van der Waals surface area contributed by atoms with E-state index in [1.54, 1.807) is 24.4 Å². The molecular formula is C22H15Cl2IN2O2. The molecule has 7 heteroatoms. The number of nitriles is 1. The van der Waals surface area contributed by atoms with Crippen molar-refractivity contribution < 1.29 is 9.57 Å². The van der Waals surface area contributed by atoms with Crippen molar-refractivity contribution >= 4 is 52.0 Å². The van der Waals surface area contributed by atoms with Gasteiger partial charge in [0.25, 0.3) is 0 Å². The molecule has 0 N–H and O–H groups in total. The highest BCUT2D eigenvalue weighted by molar-refractivity contribution is 14.1. The largest absolute Gasteiger partial charge is 0.488 e. The Hall–Kier alpha value is -2.27. The van der Waals surface area contributed by atoms with Gasteiger partial charge >= 0.3 is 0 Å². The molecule has 29 heavy (non-hydrogen) atoms. The van der Waals surface area contributed by atoms with Crippen LogP contribution in [0, 0.1) is 14.9 Å². The van der Waals surface area contributed by atoms with Crippen molar-refractivity contribution in [1.29, 1.82) is 5.26 Å². The molecule has 0 saturated heterocycles. The van der Waals surface area contributed by atoms with Crippen LogP contribution in [0.5, 0.6) is 5.75 Å². The van der Waals surface area contributed by atoms with E-state index in [-0.39, 0.29) is 6.61 Å². The highest BCUT2D eigenvalue weighted by atomic mass is 127. The number of benzene rings is 3. The summed E-state index contributed by atoms with van der Waals surface area (Å²) in [6.07, 6.45) is 1.62. The minimum Gasteiger partial charge on any atom is -0.488 e. The van der Waals surface area contributed by atoms with Crippen molar-refractivity contribution in [2.45, 2.75) is 13.2 Å². The molecule has 0 radical (unpaired) electrons. The van der Waals surface area contributed by atoms with E-state index in [4.69, 9.17) is 38.0 Å². The Kier molecular flexibility index (Phi) is 7.76. The molecule has 0 aliphatic heterocycles. The summed E-state index contributed by atoms with van der Waals surface area (Å²) >= 11 is 14.2. The van der Waals surface area contributed by atoms with Gasteiger partial charge in [-0.2, -0.15) is 5.26 Å². The molecule has 0 saturated carbocycles. The number of hydrogen-bond acceptors (Lipinski definition) is 4. The summed E-state index contributed by atoms with van der Waals surface area (Å²) in [6.45, 7) is 0.629. The van der Waals surface area contributed by atoms with E-state index in [1.165, 1.54) is 0 Å². The summed E-state index contributed by atoms with van der Waals surface area (Å²) in [5, 5.41) is 14.1. The Morgan fingerprint density at radius 1 is 1.00 bits per heavy atom. The third kappa shape index (κ3) is 6.10. The second kappa shape index (κ2) is 10.5. The molecule has 0 amide bonds. The minimum absolute atomic E-state index is 0.238. The van der Waals surface area contributed by atoms with Crippen LogP contribution in [-0.4, -0.2) is 6.21 Å². The summed E-state index contributed by atoms with van der Waals surface area (Å²) < 4.78 is 6.81. The van der Waals surface area contributed by atoms with Gasteiger partial charge in [-0.25, -0.2) is 0 Å². The van der Waals surface area contributed by atoms with Crippen LogP contribution in [-0.2, 0) is 18.1 Å². The highest BCUT2D eigenvalue weighted by Gasteiger charge is 2.05. The number of halogens is 3. The molecule has 0 aliphatic rings. The molecular weight excluding hydrogens is 522 g/mol. The van der Waals surface area contributed by atoms with Gasteiger partial charge in [-0.15, -0.1) is 0 Å². The minimum atomic E-state index is 0.238. The summed E-state index contributed by atoms with van der Waals surface area (Å²) in [6, 6.07) is 20.6. The van der Waals surface area contributed by atoms with Gasteiger partial charge in [-0.3, -0.25) is 0 Å². The zero-order valence-electron chi connectivity index (χ0n) is 15.1. The van der Waals surface area contributed by atoms with Crippen molar-refractivity contribution in [3.8, 4) is 11.8 Å². The lowest BCUT2D eigenvalue weighted by atomic mass is 10.1. The zero-order chi connectivity index (χ0) is 20.6. The molecule has 0 atom stereocenters. The van der Waals surface area contributed by atoms with Crippen LogP contribution >= 0.6 is 45.8 Å². The third-order valence-electron chi connectivity index (χ3n) is 3.97. The predicted octanol–water partition coefficient (Wildman–Crippen LogP) is 6.60. The van der Waals surface area contributed by atoms with E-state index in [0.717, 1.165) is 26.0 Å². The maximum atomic E-state index is 9.08. The monoisotopic (exact) mass is 536 g/mol. The molecule has 3 aromatic rings. The Morgan fingerprint density at radius 2 is 1.83 bits per heavy atom. The summed E-state index contributed by atoms with van der Waals surface area (Å²) in [7, 11) is 0. The predicted molar refractivity (Wildman–Crippen MR) is 123 cm³/mol. The van der Waals surface area contributed by atoms with E-state index < -0.39 is 0 Å². The second-order valence-electron chi connectivity index (χ2n) is 6.00. The number of rotatable bonds is 7. The van der Waals surface area contributed by atoms with Gasteiger partial charge in [0, 0.05) is 5.56 Å². The smallest absolute Gasteiger partial charge is 0.143 e. The zero-order valence-corrected chi connectivity index (χ0v) is 18.8. The summed E-state index contributed by atoms with van der Waals surface area (Å²) in [5.74, 6) is 0.762. The molecule has 0 bridgehead atoms. The van der Waals surface area contributed by atoms with E-state index >= 15 is 0 Å². The highest BCUT2D eigenvalue weighted by Crippen LogP contribution is 2.25. The van der Waals surface area contributed by atoms with Gasteiger partial charge in [0.05, 0.1) is 31.5 Å². The van der Waals surface area contributed by atoms with Gasteiger partial charge in [0.2, 0.25) is 0 Å². The standard InChI is InChI=1S/C22H15Cl2IN2O2/c23-19-7-5-16(9-20(19)24)13-28-22-8-6-15(10-21(22)25)12-27-29-14-18-4-2-1-3-17(18)11-26/h1-10,12H,13-14H2/b27-12-. The number of oxime groups is 1. The maximum absolute atomic E-state index is 9.08. The Labute approximate surface area is 192 Å². The molecule has 0 heterocycles. The number of ether oxygens (including phenoxy) is 1. The summed E-state index contributed by atoms with van der Waals surface area (Å²) in [5.41, 5.74) is 3.20. The van der Waals surface area contributed by atoms with Crippen LogP contribution in [0.15, 0.2) is 65.8 Å². The third-order valence-corrected chi connectivity index (χ3v) is 5.55. The average Bonchev–Trinajstić information content (AvgIpc) is 2.73. The molecule has 0 fully saturated rings. The Morgan fingerprint density at radius 3 is 2.59 bits per heavy atom. The number of hydrogen-bond donors (Lipinski definition) is 0. The van der Waals surface area contributed by atoms with Crippen molar-refractivity contribution in [3.63, 3.8) is 0 Å². The summed E-state index contributed by atoms with van der Waals surface area (Å²) in [4.78, 5) is 5.32. The quantitative estimate of drug-likeness (QED) is 0.194.